The lowest BCUT2D eigenvalue weighted by molar-refractivity contribution is -0.137. The van der Waals surface area contributed by atoms with Crippen molar-refractivity contribution in [3.8, 4) is 0 Å². The predicted molar refractivity (Wildman–Crippen MR) is 100 cm³/mol. The second-order valence-electron chi connectivity index (χ2n) is 8.37. The predicted octanol–water partition coefficient (Wildman–Crippen LogP) is 3.28. The number of benzene rings is 1. The van der Waals surface area contributed by atoms with Crippen molar-refractivity contribution in [1.29, 1.82) is 0 Å². The van der Waals surface area contributed by atoms with E-state index in [1.54, 1.807) is 25.2 Å². The fourth-order valence-electron chi connectivity index (χ4n) is 4.69. The second kappa shape index (κ2) is 6.84. The van der Waals surface area contributed by atoms with E-state index in [4.69, 9.17) is 0 Å². The summed E-state index contributed by atoms with van der Waals surface area (Å²) in [5.41, 5.74) is -0.409. The molecule has 1 aromatic rings. The molecule has 1 aliphatic carbocycles. The fourth-order valence-corrected chi connectivity index (χ4v) is 6.53. The van der Waals surface area contributed by atoms with Crippen LogP contribution in [0.2, 0.25) is 0 Å². The number of Topliss-reactive ketones (excluding diaryl/α,β-unsaturated/α-hetero) is 1. The van der Waals surface area contributed by atoms with Gasteiger partial charge in [0.1, 0.15) is 0 Å². The molecule has 0 aromatic heterocycles. The molecule has 1 aromatic carbocycles. The Kier molecular flexibility index (Phi) is 4.81. The standard InChI is InChI=1S/C20H23F3N2O3S/c1-24(2)11-17-18(26)10-14-9-16(12-3-4-12)19(17)25(14)29(27,28)15-7-5-13(6-8-15)20(21,22)23/h5-8,11-12,14,16,19H,3-4,9-10H2,1-2H3. The maximum Gasteiger partial charge on any atom is 0.416 e. The van der Waals surface area contributed by atoms with Gasteiger partial charge in [-0.3, -0.25) is 4.79 Å². The first-order valence-corrected chi connectivity index (χ1v) is 11.1. The van der Waals surface area contributed by atoms with Gasteiger partial charge in [0.25, 0.3) is 0 Å². The van der Waals surface area contributed by atoms with Gasteiger partial charge < -0.3 is 4.90 Å². The first-order chi connectivity index (χ1) is 13.5. The SMILES string of the molecule is CN(C)C=C1C(=O)CC2CC(C3CC3)C1N2S(=O)(=O)c1ccc(C(F)(F)F)cc1. The molecule has 3 atom stereocenters. The third kappa shape index (κ3) is 3.59. The Labute approximate surface area is 168 Å². The first-order valence-electron chi connectivity index (χ1n) is 9.62. The Balaban J connectivity index is 1.75. The summed E-state index contributed by atoms with van der Waals surface area (Å²) in [5, 5.41) is 0. The molecule has 29 heavy (non-hydrogen) atoms. The molecule has 0 amide bonds. The number of sulfonamides is 1. The molecule has 3 aliphatic rings. The van der Waals surface area contributed by atoms with Crippen molar-refractivity contribution in [2.24, 2.45) is 11.8 Å². The number of ketones is 1. The highest BCUT2D eigenvalue weighted by Crippen LogP contribution is 2.53. The average molecular weight is 428 g/mol. The van der Waals surface area contributed by atoms with Gasteiger partial charge in [-0.05, 0) is 55.4 Å². The molecule has 158 valence electrons. The van der Waals surface area contributed by atoms with Crippen LogP contribution in [0, 0.1) is 11.8 Å². The summed E-state index contributed by atoms with van der Waals surface area (Å²) in [6.07, 6.45) is -0.0708. The Hall–Kier alpha value is -1.87. The lowest BCUT2D eigenvalue weighted by Crippen LogP contribution is -2.49. The third-order valence-corrected chi connectivity index (χ3v) is 7.98. The lowest BCUT2D eigenvalue weighted by Gasteiger charge is -2.36. The highest BCUT2D eigenvalue weighted by molar-refractivity contribution is 7.89. The summed E-state index contributed by atoms with van der Waals surface area (Å²) >= 11 is 0. The van der Waals surface area contributed by atoms with Crippen molar-refractivity contribution in [1.82, 2.24) is 9.21 Å². The van der Waals surface area contributed by atoms with Crippen LogP contribution in [0.1, 0.15) is 31.2 Å². The van der Waals surface area contributed by atoms with Gasteiger partial charge in [0, 0.05) is 38.3 Å². The number of fused-ring (bicyclic) bond motifs is 2. The summed E-state index contributed by atoms with van der Waals surface area (Å²) in [7, 11) is -0.477. The van der Waals surface area contributed by atoms with Crippen LogP contribution < -0.4 is 0 Å². The highest BCUT2D eigenvalue weighted by atomic mass is 32.2. The molecule has 2 aliphatic heterocycles. The minimum absolute atomic E-state index is 0.0456. The minimum Gasteiger partial charge on any atom is -0.383 e. The number of carbonyl (C=O) groups is 1. The molecule has 2 heterocycles. The van der Waals surface area contributed by atoms with Gasteiger partial charge in [-0.15, -0.1) is 0 Å². The molecule has 5 nitrogen and oxygen atoms in total. The Morgan fingerprint density at radius 3 is 2.28 bits per heavy atom. The molecule has 0 radical (unpaired) electrons. The maximum absolute atomic E-state index is 13.4. The van der Waals surface area contributed by atoms with Crippen LogP contribution in [0.5, 0.6) is 0 Å². The van der Waals surface area contributed by atoms with Crippen LogP contribution in [0.4, 0.5) is 13.2 Å². The van der Waals surface area contributed by atoms with Crippen molar-refractivity contribution in [3.63, 3.8) is 0 Å². The molecule has 0 N–H and O–H groups in total. The van der Waals surface area contributed by atoms with Crippen LogP contribution >= 0.6 is 0 Å². The number of halogens is 3. The summed E-state index contributed by atoms with van der Waals surface area (Å²) in [5.74, 6) is 0.421. The molecule has 2 bridgehead atoms. The molecular formula is C20H23F3N2O3S. The van der Waals surface area contributed by atoms with Crippen LogP contribution in [-0.2, 0) is 21.0 Å². The van der Waals surface area contributed by atoms with E-state index in [0.717, 1.165) is 37.1 Å². The molecule has 2 saturated heterocycles. The quantitative estimate of drug-likeness (QED) is 0.691. The molecule has 1 saturated carbocycles. The molecule has 9 heteroatoms. The normalized spacial score (nSPS) is 29.5. The van der Waals surface area contributed by atoms with Crippen molar-refractivity contribution in [2.45, 2.75) is 48.8 Å². The lowest BCUT2D eigenvalue weighted by atomic mass is 9.90. The zero-order valence-electron chi connectivity index (χ0n) is 16.2. The van der Waals surface area contributed by atoms with Crippen LogP contribution in [-0.4, -0.2) is 49.6 Å². The molecule has 3 fully saturated rings. The third-order valence-electron chi connectivity index (χ3n) is 6.03. The van der Waals surface area contributed by atoms with Gasteiger partial charge in [0.05, 0.1) is 16.5 Å². The largest absolute Gasteiger partial charge is 0.416 e. The number of carbonyl (C=O) groups excluding carboxylic acids is 1. The van der Waals surface area contributed by atoms with Crippen LogP contribution in [0.25, 0.3) is 0 Å². The highest BCUT2D eigenvalue weighted by Gasteiger charge is 2.57. The van der Waals surface area contributed by atoms with Gasteiger partial charge in [-0.2, -0.15) is 17.5 Å². The van der Waals surface area contributed by atoms with Crippen molar-refractivity contribution in [3.05, 3.63) is 41.6 Å². The van der Waals surface area contributed by atoms with E-state index in [2.05, 4.69) is 0 Å². The molecule has 3 unspecified atom stereocenters. The van der Waals surface area contributed by atoms with E-state index in [-0.39, 0.29) is 23.0 Å². The number of nitrogens with zero attached hydrogens (tertiary/aromatic N) is 2. The number of piperidine rings is 1. The number of hydrogen-bond donors (Lipinski definition) is 0. The average Bonchev–Trinajstić information content (AvgIpc) is 3.41. The van der Waals surface area contributed by atoms with E-state index >= 15 is 0 Å². The van der Waals surface area contributed by atoms with Gasteiger partial charge in [-0.25, -0.2) is 8.42 Å². The maximum atomic E-state index is 13.4. The molecular weight excluding hydrogens is 405 g/mol. The first kappa shape index (κ1) is 20.4. The van der Waals surface area contributed by atoms with Crippen LogP contribution in [0.3, 0.4) is 0 Å². The van der Waals surface area contributed by atoms with E-state index in [0.29, 0.717) is 17.9 Å². The number of alkyl halides is 3. The summed E-state index contributed by atoms with van der Waals surface area (Å²) in [6.45, 7) is 0. The minimum atomic E-state index is -4.53. The van der Waals surface area contributed by atoms with Gasteiger partial charge in [-0.1, -0.05) is 0 Å². The van der Waals surface area contributed by atoms with E-state index in [9.17, 15) is 26.4 Å². The Morgan fingerprint density at radius 2 is 1.76 bits per heavy atom. The molecule has 0 spiro atoms. The van der Waals surface area contributed by atoms with Crippen molar-refractivity contribution in [2.75, 3.05) is 14.1 Å². The Bertz CT molecular complexity index is 950. The van der Waals surface area contributed by atoms with Gasteiger partial charge in [0.2, 0.25) is 10.0 Å². The van der Waals surface area contributed by atoms with E-state index in [1.807, 2.05) is 0 Å². The van der Waals surface area contributed by atoms with Crippen LogP contribution in [0.15, 0.2) is 40.9 Å². The number of rotatable bonds is 4. The van der Waals surface area contributed by atoms with E-state index < -0.39 is 33.8 Å². The van der Waals surface area contributed by atoms with Gasteiger partial charge >= 0.3 is 6.18 Å². The summed E-state index contributed by atoms with van der Waals surface area (Å²) < 4.78 is 66.8. The topological polar surface area (TPSA) is 57.7 Å². The second-order valence-corrected chi connectivity index (χ2v) is 10.2. The summed E-state index contributed by atoms with van der Waals surface area (Å²) in [4.78, 5) is 14.3. The van der Waals surface area contributed by atoms with Crippen molar-refractivity contribution < 1.29 is 26.4 Å². The monoisotopic (exact) mass is 428 g/mol. The zero-order valence-corrected chi connectivity index (χ0v) is 17.0. The number of hydrogen-bond acceptors (Lipinski definition) is 4. The zero-order chi connectivity index (χ0) is 21.1. The summed E-state index contributed by atoms with van der Waals surface area (Å²) in [6, 6.07) is 2.61. The fraction of sp³-hybridized carbons (Fsp3) is 0.550. The van der Waals surface area contributed by atoms with E-state index in [1.165, 1.54) is 4.31 Å². The van der Waals surface area contributed by atoms with Crippen molar-refractivity contribution >= 4 is 15.8 Å². The van der Waals surface area contributed by atoms with Gasteiger partial charge in [0.15, 0.2) is 5.78 Å². The Morgan fingerprint density at radius 1 is 1.14 bits per heavy atom. The smallest absolute Gasteiger partial charge is 0.383 e. The molecule has 4 rings (SSSR count).